The van der Waals surface area contributed by atoms with Gasteiger partial charge in [0.25, 0.3) is 5.69 Å². The first kappa shape index (κ1) is 21.1. The van der Waals surface area contributed by atoms with E-state index in [1.54, 1.807) is 6.07 Å². The molecule has 1 saturated heterocycles. The summed E-state index contributed by atoms with van der Waals surface area (Å²) < 4.78 is 16.8. The van der Waals surface area contributed by atoms with Crippen molar-refractivity contribution in [2.24, 2.45) is 5.92 Å². The first-order chi connectivity index (χ1) is 14.2. The number of carbonyl (C=O) groups excluding carboxylic acids is 1. The molecule has 0 radical (unpaired) electrons. The minimum Gasteiger partial charge on any atom is -0.467 e. The Balaban J connectivity index is 1.67. The molecule has 0 N–H and O–H groups in total. The molecule has 2 heterocycles. The van der Waals surface area contributed by atoms with E-state index in [-0.39, 0.29) is 37.1 Å². The van der Waals surface area contributed by atoms with Crippen molar-refractivity contribution in [1.29, 1.82) is 0 Å². The van der Waals surface area contributed by atoms with Crippen LogP contribution < -0.4 is 4.74 Å². The molecule has 3 atom stereocenters. The molecule has 1 aliphatic carbocycles. The van der Waals surface area contributed by atoms with Gasteiger partial charge in [0.1, 0.15) is 17.4 Å². The average Bonchev–Trinajstić information content (AvgIpc) is 3.05. The Hall–Kier alpha value is -2.19. The number of nitro groups is 1. The van der Waals surface area contributed by atoms with Gasteiger partial charge in [-0.3, -0.25) is 19.8 Å². The van der Waals surface area contributed by atoms with E-state index < -0.39 is 10.5 Å². The fourth-order valence-corrected chi connectivity index (χ4v) is 5.08. The molecule has 164 valence electrons. The molecule has 30 heavy (non-hydrogen) atoms. The lowest BCUT2D eigenvalue weighted by Crippen LogP contribution is -2.44. The standard InChI is InChI=1S/C22H30N2O6/c1-22(2,3)30-21(25)19-10-14-6-4-5-7-18(14)23(19)11-15-8-17(24(26)27)9-16-12-28-13-29-20(15)16/h8-9,14,18-19H,4-7,10-13H2,1-3H3/t14-,18-,19+/m1/s1. The monoisotopic (exact) mass is 418 g/mol. The number of hydrogen-bond acceptors (Lipinski definition) is 7. The second-order valence-corrected chi connectivity index (χ2v) is 9.53. The van der Waals surface area contributed by atoms with Crippen LogP contribution in [-0.4, -0.2) is 40.3 Å². The normalized spacial score (nSPS) is 26.4. The smallest absolute Gasteiger partial charge is 0.323 e. The minimum absolute atomic E-state index is 0.0195. The number of nitrogens with zero attached hydrogens (tertiary/aromatic N) is 2. The van der Waals surface area contributed by atoms with Crippen LogP contribution in [0.3, 0.4) is 0 Å². The van der Waals surface area contributed by atoms with E-state index in [0.717, 1.165) is 31.2 Å². The highest BCUT2D eigenvalue weighted by Gasteiger charge is 2.46. The van der Waals surface area contributed by atoms with Gasteiger partial charge >= 0.3 is 5.97 Å². The Labute approximate surface area is 176 Å². The molecule has 8 heteroatoms. The lowest BCUT2D eigenvalue weighted by Gasteiger charge is -2.34. The molecule has 2 aliphatic heterocycles. The maximum Gasteiger partial charge on any atom is 0.323 e. The van der Waals surface area contributed by atoms with Gasteiger partial charge in [-0.05, 0) is 46.0 Å². The van der Waals surface area contributed by atoms with Crippen LogP contribution >= 0.6 is 0 Å². The van der Waals surface area contributed by atoms with Crippen LogP contribution in [-0.2, 0) is 27.4 Å². The molecule has 1 saturated carbocycles. The van der Waals surface area contributed by atoms with E-state index in [4.69, 9.17) is 14.2 Å². The van der Waals surface area contributed by atoms with Gasteiger partial charge in [0.2, 0.25) is 0 Å². The third-order valence-corrected chi connectivity index (χ3v) is 6.24. The summed E-state index contributed by atoms with van der Waals surface area (Å²) in [6.45, 7) is 6.46. The topological polar surface area (TPSA) is 91.1 Å². The van der Waals surface area contributed by atoms with Crippen LogP contribution in [0.2, 0.25) is 0 Å². The van der Waals surface area contributed by atoms with Gasteiger partial charge < -0.3 is 14.2 Å². The molecular weight excluding hydrogens is 388 g/mol. The molecule has 8 nitrogen and oxygen atoms in total. The highest BCUT2D eigenvalue weighted by atomic mass is 16.7. The highest BCUT2D eigenvalue weighted by molar-refractivity contribution is 5.77. The summed E-state index contributed by atoms with van der Waals surface area (Å²) in [7, 11) is 0. The number of likely N-dealkylation sites (tertiary alicyclic amines) is 1. The van der Waals surface area contributed by atoms with Crippen molar-refractivity contribution in [1.82, 2.24) is 4.90 Å². The van der Waals surface area contributed by atoms with Crippen LogP contribution in [0.4, 0.5) is 5.69 Å². The van der Waals surface area contributed by atoms with E-state index >= 15 is 0 Å². The number of nitro benzene ring substituents is 1. The predicted octanol–water partition coefficient (Wildman–Crippen LogP) is 3.94. The Kier molecular flexibility index (Phi) is 5.72. The Bertz CT molecular complexity index is 834. The quantitative estimate of drug-likeness (QED) is 0.415. The largest absolute Gasteiger partial charge is 0.467 e. The molecule has 1 aromatic rings. The molecule has 0 bridgehead atoms. The summed E-state index contributed by atoms with van der Waals surface area (Å²) in [4.78, 5) is 26.3. The fourth-order valence-electron chi connectivity index (χ4n) is 5.08. The van der Waals surface area contributed by atoms with Crippen molar-refractivity contribution in [3.8, 4) is 5.75 Å². The van der Waals surface area contributed by atoms with Gasteiger partial charge in [0.15, 0.2) is 6.79 Å². The zero-order chi connectivity index (χ0) is 21.5. The number of carbonyl (C=O) groups is 1. The fraction of sp³-hybridized carbons (Fsp3) is 0.682. The van der Waals surface area contributed by atoms with Crippen LogP contribution in [0, 0.1) is 16.0 Å². The van der Waals surface area contributed by atoms with E-state index in [2.05, 4.69) is 4.90 Å². The number of fused-ring (bicyclic) bond motifs is 2. The van der Waals surface area contributed by atoms with Crippen LogP contribution in [0.1, 0.15) is 64.0 Å². The van der Waals surface area contributed by atoms with E-state index in [9.17, 15) is 14.9 Å². The van der Waals surface area contributed by atoms with Gasteiger partial charge in [0, 0.05) is 35.8 Å². The third kappa shape index (κ3) is 4.30. The zero-order valence-electron chi connectivity index (χ0n) is 17.9. The summed E-state index contributed by atoms with van der Waals surface area (Å²) in [5, 5.41) is 11.5. The highest BCUT2D eigenvalue weighted by Crippen LogP contribution is 2.43. The minimum atomic E-state index is -0.554. The summed E-state index contributed by atoms with van der Waals surface area (Å²) in [5.41, 5.74) is 0.883. The van der Waals surface area contributed by atoms with Crippen molar-refractivity contribution < 1.29 is 23.9 Å². The Morgan fingerprint density at radius 3 is 2.80 bits per heavy atom. The average molecular weight is 418 g/mol. The van der Waals surface area contributed by atoms with Gasteiger partial charge in [-0.25, -0.2) is 0 Å². The summed E-state index contributed by atoms with van der Waals surface area (Å²) >= 11 is 0. The molecule has 3 aliphatic rings. The molecule has 2 fully saturated rings. The van der Waals surface area contributed by atoms with Crippen LogP contribution in [0.5, 0.6) is 5.75 Å². The Morgan fingerprint density at radius 1 is 1.30 bits per heavy atom. The second kappa shape index (κ2) is 8.15. The molecule has 0 amide bonds. The first-order valence-electron chi connectivity index (χ1n) is 10.7. The summed E-state index contributed by atoms with van der Waals surface area (Å²) in [6, 6.07) is 3.03. The van der Waals surface area contributed by atoms with Gasteiger partial charge in [-0.1, -0.05) is 12.8 Å². The number of benzene rings is 1. The van der Waals surface area contributed by atoms with E-state index in [1.807, 2.05) is 20.8 Å². The van der Waals surface area contributed by atoms with Crippen molar-refractivity contribution in [3.63, 3.8) is 0 Å². The summed E-state index contributed by atoms with van der Waals surface area (Å²) in [5.74, 6) is 0.893. The predicted molar refractivity (Wildman–Crippen MR) is 109 cm³/mol. The number of rotatable bonds is 4. The first-order valence-corrected chi connectivity index (χ1v) is 10.7. The van der Waals surface area contributed by atoms with E-state index in [0.29, 0.717) is 23.8 Å². The molecule has 1 aromatic carbocycles. The zero-order valence-corrected chi connectivity index (χ0v) is 17.9. The van der Waals surface area contributed by atoms with Crippen molar-refractivity contribution in [2.75, 3.05) is 6.79 Å². The SMILES string of the molecule is CC(C)(C)OC(=O)[C@@H]1C[C@H]2CCCC[C@H]2N1Cc1cc([N+](=O)[O-])cc2c1OCOC2. The van der Waals surface area contributed by atoms with Gasteiger partial charge in [-0.2, -0.15) is 0 Å². The molecule has 0 spiro atoms. The molecular formula is C22H30N2O6. The lowest BCUT2D eigenvalue weighted by molar-refractivity contribution is -0.385. The number of esters is 1. The maximum absolute atomic E-state index is 13.0. The van der Waals surface area contributed by atoms with Crippen molar-refractivity contribution >= 4 is 11.7 Å². The third-order valence-electron chi connectivity index (χ3n) is 6.24. The number of non-ortho nitro benzene ring substituents is 1. The number of ether oxygens (including phenoxy) is 3. The molecule has 0 unspecified atom stereocenters. The second-order valence-electron chi connectivity index (χ2n) is 9.53. The van der Waals surface area contributed by atoms with Crippen molar-refractivity contribution in [3.05, 3.63) is 33.4 Å². The maximum atomic E-state index is 13.0. The van der Waals surface area contributed by atoms with Gasteiger partial charge in [-0.15, -0.1) is 0 Å². The van der Waals surface area contributed by atoms with Crippen LogP contribution in [0.25, 0.3) is 0 Å². The number of hydrogen-bond donors (Lipinski definition) is 0. The van der Waals surface area contributed by atoms with E-state index in [1.165, 1.54) is 12.5 Å². The Morgan fingerprint density at radius 2 is 2.07 bits per heavy atom. The van der Waals surface area contributed by atoms with Crippen LogP contribution in [0.15, 0.2) is 12.1 Å². The van der Waals surface area contributed by atoms with Gasteiger partial charge in [0.05, 0.1) is 11.5 Å². The molecule has 0 aromatic heterocycles. The summed E-state index contributed by atoms with van der Waals surface area (Å²) in [6.07, 6.45) is 5.24. The van der Waals surface area contributed by atoms with Crippen molar-refractivity contribution in [2.45, 2.75) is 83.7 Å². The molecule has 4 rings (SSSR count). The lowest BCUT2D eigenvalue weighted by atomic mass is 9.84.